The molecule has 7 heteroatoms. The molecule has 0 atom stereocenters. The summed E-state index contributed by atoms with van der Waals surface area (Å²) in [5.74, 6) is 0. The Morgan fingerprint density at radius 1 is 1.41 bits per heavy atom. The molecule has 0 aromatic carbocycles. The molecule has 92 valence electrons. The number of fused-ring (bicyclic) bond motifs is 1. The first-order valence-corrected chi connectivity index (χ1v) is 4.97. The van der Waals surface area contributed by atoms with Crippen LogP contribution >= 0.6 is 0 Å². The second kappa shape index (κ2) is 3.90. The van der Waals surface area contributed by atoms with E-state index in [1.807, 2.05) is 0 Å². The molecule has 0 saturated heterocycles. The third-order valence-corrected chi connectivity index (χ3v) is 2.56. The van der Waals surface area contributed by atoms with E-state index in [1.165, 1.54) is 6.07 Å². The van der Waals surface area contributed by atoms with Crippen molar-refractivity contribution in [3.63, 3.8) is 0 Å². The van der Waals surface area contributed by atoms with Gasteiger partial charge < -0.3 is 5.11 Å². The molecule has 0 fully saturated rings. The second-order valence-electron chi connectivity index (χ2n) is 3.70. The number of aromatic nitrogens is 1. The Labute approximate surface area is 94.7 Å². The van der Waals surface area contributed by atoms with Gasteiger partial charge in [-0.2, -0.15) is 13.2 Å². The summed E-state index contributed by atoms with van der Waals surface area (Å²) in [5.41, 5.74) is -0.547. The quantitative estimate of drug-likeness (QED) is 0.765. The van der Waals surface area contributed by atoms with Gasteiger partial charge in [0.1, 0.15) is 5.69 Å². The molecule has 0 radical (unpaired) electrons. The number of anilines is 1. The molecule has 1 aliphatic heterocycles. The number of carboxylic acid groups (broad SMARTS) is 1. The molecular weight excluding hydrogens is 237 g/mol. The predicted molar refractivity (Wildman–Crippen MR) is 52.9 cm³/mol. The Morgan fingerprint density at radius 3 is 2.71 bits per heavy atom. The summed E-state index contributed by atoms with van der Waals surface area (Å²) in [4.78, 5) is 15.4. The summed E-state index contributed by atoms with van der Waals surface area (Å²) in [6.45, 7) is 0.287. The Morgan fingerprint density at radius 2 is 2.12 bits per heavy atom. The van der Waals surface area contributed by atoms with Crippen molar-refractivity contribution < 1.29 is 23.1 Å². The van der Waals surface area contributed by atoms with Crippen molar-refractivity contribution in [2.45, 2.75) is 19.0 Å². The summed E-state index contributed by atoms with van der Waals surface area (Å²) in [6, 6.07) is 1.97. The van der Waals surface area contributed by atoms with Crippen LogP contribution in [0.4, 0.5) is 23.7 Å². The van der Waals surface area contributed by atoms with Gasteiger partial charge in [0, 0.05) is 6.54 Å². The summed E-state index contributed by atoms with van der Waals surface area (Å²) in [7, 11) is 0. The zero-order chi connectivity index (χ0) is 12.6. The molecule has 2 heterocycles. The van der Waals surface area contributed by atoms with E-state index in [4.69, 9.17) is 5.11 Å². The highest BCUT2D eigenvalue weighted by molar-refractivity contribution is 5.87. The fourth-order valence-corrected chi connectivity index (χ4v) is 1.81. The highest BCUT2D eigenvalue weighted by Gasteiger charge is 2.34. The van der Waals surface area contributed by atoms with E-state index in [-0.39, 0.29) is 17.9 Å². The average Bonchev–Trinajstić information content (AvgIpc) is 2.26. The van der Waals surface area contributed by atoms with Gasteiger partial charge in [-0.25, -0.2) is 9.78 Å². The van der Waals surface area contributed by atoms with Crippen molar-refractivity contribution in [3.8, 4) is 0 Å². The van der Waals surface area contributed by atoms with Gasteiger partial charge >= 0.3 is 12.3 Å². The Bertz CT molecular complexity index is 459. The van der Waals surface area contributed by atoms with E-state index in [2.05, 4.69) is 4.98 Å². The molecule has 1 aromatic heterocycles. The minimum atomic E-state index is -4.50. The van der Waals surface area contributed by atoms with Crippen LogP contribution in [0.25, 0.3) is 0 Å². The van der Waals surface area contributed by atoms with Crippen LogP contribution in [0.5, 0.6) is 0 Å². The molecule has 17 heavy (non-hydrogen) atoms. The van der Waals surface area contributed by atoms with Crippen molar-refractivity contribution in [2.75, 3.05) is 11.4 Å². The van der Waals surface area contributed by atoms with Gasteiger partial charge in [-0.3, -0.25) is 4.90 Å². The van der Waals surface area contributed by atoms with Gasteiger partial charge in [-0.1, -0.05) is 0 Å². The largest absolute Gasteiger partial charge is 0.465 e. The minimum Gasteiger partial charge on any atom is -0.465 e. The maximum atomic E-state index is 12.4. The maximum absolute atomic E-state index is 12.4. The van der Waals surface area contributed by atoms with E-state index in [9.17, 15) is 18.0 Å². The highest BCUT2D eigenvalue weighted by atomic mass is 19.4. The SMILES string of the molecule is O=C(O)N1CCCc2nc(C(F)(F)F)ccc21. The molecule has 0 bridgehead atoms. The number of carbonyl (C=O) groups is 1. The van der Waals surface area contributed by atoms with Crippen LogP contribution in [-0.2, 0) is 12.6 Å². The Hall–Kier alpha value is -1.79. The van der Waals surface area contributed by atoms with Crippen molar-refractivity contribution in [1.29, 1.82) is 0 Å². The van der Waals surface area contributed by atoms with Crippen molar-refractivity contribution >= 4 is 11.8 Å². The van der Waals surface area contributed by atoms with Gasteiger partial charge in [-0.15, -0.1) is 0 Å². The van der Waals surface area contributed by atoms with Gasteiger partial charge in [-0.05, 0) is 25.0 Å². The monoisotopic (exact) mass is 246 g/mol. The van der Waals surface area contributed by atoms with Crippen molar-refractivity contribution in [2.24, 2.45) is 0 Å². The molecule has 4 nitrogen and oxygen atoms in total. The van der Waals surface area contributed by atoms with E-state index in [0.717, 1.165) is 11.0 Å². The number of amides is 1. The van der Waals surface area contributed by atoms with E-state index >= 15 is 0 Å². The summed E-state index contributed by atoms with van der Waals surface area (Å²) in [6.07, 6.45) is -4.83. The number of alkyl halides is 3. The zero-order valence-corrected chi connectivity index (χ0v) is 8.66. The second-order valence-corrected chi connectivity index (χ2v) is 3.70. The van der Waals surface area contributed by atoms with Crippen LogP contribution in [0, 0.1) is 0 Å². The number of hydrogen-bond donors (Lipinski definition) is 1. The van der Waals surface area contributed by atoms with Crippen LogP contribution < -0.4 is 4.90 Å². The number of rotatable bonds is 0. The van der Waals surface area contributed by atoms with E-state index < -0.39 is 18.0 Å². The first kappa shape index (κ1) is 11.7. The van der Waals surface area contributed by atoms with Gasteiger partial charge in [0.05, 0.1) is 11.4 Å². The lowest BCUT2D eigenvalue weighted by Gasteiger charge is -2.26. The third-order valence-electron chi connectivity index (χ3n) is 2.56. The molecule has 0 spiro atoms. The molecule has 2 rings (SSSR count). The standard InChI is InChI=1S/C10H9F3N2O2/c11-10(12,13)8-4-3-7-6(14-8)2-1-5-15(7)9(16)17/h3-4H,1-2,5H2,(H,16,17). The molecule has 0 aliphatic carbocycles. The number of pyridine rings is 1. The summed E-state index contributed by atoms with van der Waals surface area (Å²) >= 11 is 0. The van der Waals surface area contributed by atoms with Gasteiger partial charge in [0.15, 0.2) is 0 Å². The topological polar surface area (TPSA) is 53.4 Å². The number of aryl methyl sites for hydroxylation is 1. The van der Waals surface area contributed by atoms with E-state index in [0.29, 0.717) is 12.8 Å². The lowest BCUT2D eigenvalue weighted by Crippen LogP contribution is -2.34. The van der Waals surface area contributed by atoms with Crippen LogP contribution in [0.3, 0.4) is 0 Å². The molecule has 1 aliphatic rings. The molecular formula is C10H9F3N2O2. The van der Waals surface area contributed by atoms with Crippen LogP contribution in [-0.4, -0.2) is 22.7 Å². The fraction of sp³-hybridized carbons (Fsp3) is 0.400. The van der Waals surface area contributed by atoms with Crippen LogP contribution in [0.15, 0.2) is 12.1 Å². The highest BCUT2D eigenvalue weighted by Crippen LogP contribution is 2.32. The summed E-state index contributed by atoms with van der Waals surface area (Å²) in [5, 5.41) is 8.89. The molecule has 1 N–H and O–H groups in total. The number of nitrogens with zero attached hydrogens (tertiary/aromatic N) is 2. The fourth-order valence-electron chi connectivity index (χ4n) is 1.81. The third kappa shape index (κ3) is 2.17. The predicted octanol–water partition coefficient (Wildman–Crippen LogP) is 2.53. The van der Waals surface area contributed by atoms with E-state index in [1.54, 1.807) is 0 Å². The Kier molecular flexibility index (Phi) is 2.68. The minimum absolute atomic E-state index is 0.188. The molecule has 1 aromatic rings. The number of hydrogen-bond acceptors (Lipinski definition) is 2. The first-order valence-electron chi connectivity index (χ1n) is 4.97. The Balaban J connectivity index is 2.43. The number of halogens is 3. The van der Waals surface area contributed by atoms with Crippen LogP contribution in [0.2, 0.25) is 0 Å². The van der Waals surface area contributed by atoms with Crippen molar-refractivity contribution in [3.05, 3.63) is 23.5 Å². The average molecular weight is 246 g/mol. The van der Waals surface area contributed by atoms with Crippen molar-refractivity contribution in [1.82, 2.24) is 4.98 Å². The van der Waals surface area contributed by atoms with Gasteiger partial charge in [0.25, 0.3) is 0 Å². The zero-order valence-electron chi connectivity index (χ0n) is 8.66. The lowest BCUT2D eigenvalue weighted by atomic mass is 10.1. The first-order chi connectivity index (χ1) is 7.89. The lowest BCUT2D eigenvalue weighted by molar-refractivity contribution is -0.141. The summed E-state index contributed by atoms with van der Waals surface area (Å²) < 4.78 is 37.3. The molecule has 0 saturated carbocycles. The molecule has 1 amide bonds. The van der Waals surface area contributed by atoms with Crippen LogP contribution in [0.1, 0.15) is 17.8 Å². The van der Waals surface area contributed by atoms with Gasteiger partial charge in [0.2, 0.25) is 0 Å². The maximum Gasteiger partial charge on any atom is 0.433 e. The normalized spacial score (nSPS) is 15.6. The molecule has 0 unspecified atom stereocenters. The smallest absolute Gasteiger partial charge is 0.433 e.